The minimum absolute atomic E-state index is 0.0682. The van der Waals surface area contributed by atoms with E-state index in [1.165, 1.54) is 4.90 Å². The first-order valence-corrected chi connectivity index (χ1v) is 12.0. The van der Waals surface area contributed by atoms with Gasteiger partial charge in [0.1, 0.15) is 18.1 Å². The van der Waals surface area contributed by atoms with Gasteiger partial charge in [-0.2, -0.15) is 0 Å². The van der Waals surface area contributed by atoms with Crippen molar-refractivity contribution in [3.8, 4) is 5.75 Å². The molecule has 6 heteroatoms. The van der Waals surface area contributed by atoms with E-state index in [0.717, 1.165) is 22.3 Å². The quantitative estimate of drug-likeness (QED) is 0.208. The van der Waals surface area contributed by atoms with Crippen LogP contribution in [0.15, 0.2) is 109 Å². The Morgan fingerprint density at radius 2 is 1.62 bits per heavy atom. The summed E-state index contributed by atoms with van der Waals surface area (Å²) in [5.74, 6) is -0.934. The molecule has 2 heterocycles. The molecule has 1 N–H and O–H groups in total. The number of amides is 1. The number of nitrogens with zero attached hydrogens (tertiary/aromatic N) is 2. The zero-order valence-corrected chi connectivity index (χ0v) is 20.4. The number of rotatable bonds is 7. The molecule has 184 valence electrons. The normalized spacial score (nSPS) is 16.7. The Morgan fingerprint density at radius 3 is 2.32 bits per heavy atom. The molecule has 0 saturated carbocycles. The van der Waals surface area contributed by atoms with Crippen LogP contribution in [-0.2, 0) is 22.7 Å². The Bertz CT molecular complexity index is 1450. The number of likely N-dealkylation sites (tertiary alicyclic amines) is 1. The van der Waals surface area contributed by atoms with Crippen LogP contribution in [0.5, 0.6) is 5.75 Å². The molecule has 1 saturated heterocycles. The van der Waals surface area contributed by atoms with Gasteiger partial charge >= 0.3 is 0 Å². The first-order valence-electron chi connectivity index (χ1n) is 12.0. The van der Waals surface area contributed by atoms with Crippen LogP contribution < -0.4 is 4.74 Å². The Hall–Kier alpha value is -4.71. The first kappa shape index (κ1) is 24.0. The number of aryl methyl sites for hydroxylation is 1. The van der Waals surface area contributed by atoms with E-state index < -0.39 is 17.7 Å². The molecule has 37 heavy (non-hydrogen) atoms. The summed E-state index contributed by atoms with van der Waals surface area (Å²) in [4.78, 5) is 31.9. The number of pyridine rings is 1. The highest BCUT2D eigenvalue weighted by molar-refractivity contribution is 6.46. The largest absolute Gasteiger partial charge is 0.507 e. The summed E-state index contributed by atoms with van der Waals surface area (Å²) in [6, 6.07) is 27.1. The van der Waals surface area contributed by atoms with Crippen molar-refractivity contribution in [1.29, 1.82) is 0 Å². The third-order valence-electron chi connectivity index (χ3n) is 6.37. The van der Waals surface area contributed by atoms with Crippen LogP contribution in [0.1, 0.15) is 33.9 Å². The number of benzene rings is 3. The highest BCUT2D eigenvalue weighted by Gasteiger charge is 2.46. The molecular formula is C31H26N2O4. The number of hydrogen-bond donors (Lipinski definition) is 1. The van der Waals surface area contributed by atoms with E-state index in [9.17, 15) is 14.7 Å². The van der Waals surface area contributed by atoms with Crippen molar-refractivity contribution >= 4 is 17.4 Å². The molecule has 1 aliphatic heterocycles. The maximum absolute atomic E-state index is 13.2. The summed E-state index contributed by atoms with van der Waals surface area (Å²) in [7, 11) is 0. The SMILES string of the molecule is Cc1cccc(COc2ccc(/C(O)=C3\C(=O)C(=O)N(Cc4ccncc4)C3c3ccccc3)cc2)c1. The topological polar surface area (TPSA) is 79.7 Å². The molecule has 1 fully saturated rings. The van der Waals surface area contributed by atoms with Gasteiger partial charge in [0.15, 0.2) is 0 Å². The standard InChI is InChI=1S/C31H26N2O4/c1-21-6-5-7-23(18-21)20-37-26-12-10-25(11-13-26)29(34)27-28(24-8-3-2-4-9-24)33(31(36)30(27)35)19-22-14-16-32-17-15-22/h2-18,28,34H,19-20H2,1H3/b29-27+. The van der Waals surface area contributed by atoms with E-state index in [0.29, 0.717) is 17.9 Å². The monoisotopic (exact) mass is 490 g/mol. The number of ketones is 1. The van der Waals surface area contributed by atoms with Crippen LogP contribution >= 0.6 is 0 Å². The minimum atomic E-state index is -0.716. The predicted octanol–water partition coefficient (Wildman–Crippen LogP) is 5.59. The zero-order valence-electron chi connectivity index (χ0n) is 20.4. The van der Waals surface area contributed by atoms with Crippen LogP contribution in [0, 0.1) is 6.92 Å². The molecule has 1 unspecified atom stereocenters. The van der Waals surface area contributed by atoms with E-state index in [2.05, 4.69) is 11.1 Å². The summed E-state index contributed by atoms with van der Waals surface area (Å²) < 4.78 is 5.89. The highest BCUT2D eigenvalue weighted by atomic mass is 16.5. The number of aromatic nitrogens is 1. The Balaban J connectivity index is 1.45. The molecule has 6 nitrogen and oxygen atoms in total. The molecule has 0 radical (unpaired) electrons. The number of Topliss-reactive ketones (excluding diaryl/α,β-unsaturated/α-hetero) is 1. The van der Waals surface area contributed by atoms with Crippen LogP contribution in [-0.4, -0.2) is 26.7 Å². The number of carbonyl (C=O) groups is 2. The van der Waals surface area contributed by atoms with E-state index in [1.807, 2.05) is 55.5 Å². The van der Waals surface area contributed by atoms with Gasteiger partial charge in [0.05, 0.1) is 11.6 Å². The molecule has 0 spiro atoms. The van der Waals surface area contributed by atoms with Gasteiger partial charge in [0.25, 0.3) is 11.7 Å². The van der Waals surface area contributed by atoms with E-state index in [4.69, 9.17) is 4.74 Å². The second-order valence-corrected chi connectivity index (χ2v) is 9.00. The molecule has 3 aromatic carbocycles. The van der Waals surface area contributed by atoms with E-state index in [1.54, 1.807) is 48.8 Å². The molecule has 1 amide bonds. The summed E-state index contributed by atoms with van der Waals surface area (Å²) in [6.07, 6.45) is 3.29. The van der Waals surface area contributed by atoms with Crippen molar-refractivity contribution in [2.75, 3.05) is 0 Å². The summed E-state index contributed by atoms with van der Waals surface area (Å²) in [5, 5.41) is 11.3. The van der Waals surface area contributed by atoms with Gasteiger partial charge in [-0.3, -0.25) is 14.6 Å². The fourth-order valence-electron chi connectivity index (χ4n) is 4.54. The van der Waals surface area contributed by atoms with Crippen molar-refractivity contribution in [1.82, 2.24) is 9.88 Å². The first-order chi connectivity index (χ1) is 18.0. The number of aliphatic hydroxyl groups excluding tert-OH is 1. The molecule has 1 atom stereocenters. The van der Waals surface area contributed by atoms with Gasteiger partial charge in [-0.05, 0) is 60.0 Å². The fourth-order valence-corrected chi connectivity index (χ4v) is 4.54. The summed E-state index contributed by atoms with van der Waals surface area (Å²) in [6.45, 7) is 2.67. The van der Waals surface area contributed by atoms with Crippen molar-refractivity contribution < 1.29 is 19.4 Å². The molecule has 4 aromatic rings. The average molecular weight is 491 g/mol. The number of carbonyl (C=O) groups excluding carboxylic acids is 2. The van der Waals surface area contributed by atoms with Crippen molar-refractivity contribution in [3.63, 3.8) is 0 Å². The molecule has 1 aliphatic rings. The minimum Gasteiger partial charge on any atom is -0.507 e. The van der Waals surface area contributed by atoms with Crippen molar-refractivity contribution in [2.45, 2.75) is 26.1 Å². The Kier molecular flexibility index (Phi) is 6.81. The Labute approximate surface area is 215 Å². The summed E-state index contributed by atoms with van der Waals surface area (Å²) >= 11 is 0. The van der Waals surface area contributed by atoms with Crippen LogP contribution in [0.3, 0.4) is 0 Å². The zero-order chi connectivity index (χ0) is 25.8. The number of ether oxygens (including phenoxy) is 1. The maximum Gasteiger partial charge on any atom is 0.295 e. The number of aliphatic hydroxyl groups is 1. The molecule has 5 rings (SSSR count). The highest BCUT2D eigenvalue weighted by Crippen LogP contribution is 2.40. The molecular weight excluding hydrogens is 464 g/mol. The van der Waals surface area contributed by atoms with Crippen molar-refractivity contribution in [2.24, 2.45) is 0 Å². The lowest BCUT2D eigenvalue weighted by molar-refractivity contribution is -0.140. The van der Waals surface area contributed by atoms with Crippen LogP contribution in [0.25, 0.3) is 5.76 Å². The second kappa shape index (κ2) is 10.5. The lowest BCUT2D eigenvalue weighted by Crippen LogP contribution is -2.29. The van der Waals surface area contributed by atoms with Crippen LogP contribution in [0.2, 0.25) is 0 Å². The van der Waals surface area contributed by atoms with Crippen molar-refractivity contribution in [3.05, 3.63) is 137 Å². The van der Waals surface area contributed by atoms with Gasteiger partial charge in [0, 0.05) is 24.5 Å². The third-order valence-corrected chi connectivity index (χ3v) is 6.37. The smallest absolute Gasteiger partial charge is 0.295 e. The predicted molar refractivity (Wildman–Crippen MR) is 140 cm³/mol. The molecule has 0 bridgehead atoms. The van der Waals surface area contributed by atoms with Gasteiger partial charge in [-0.25, -0.2) is 0 Å². The van der Waals surface area contributed by atoms with Crippen LogP contribution in [0.4, 0.5) is 0 Å². The van der Waals surface area contributed by atoms with Gasteiger partial charge in [0.2, 0.25) is 0 Å². The van der Waals surface area contributed by atoms with Gasteiger partial charge in [-0.1, -0.05) is 60.2 Å². The van der Waals surface area contributed by atoms with E-state index in [-0.39, 0.29) is 17.9 Å². The third kappa shape index (κ3) is 5.14. The Morgan fingerprint density at radius 1 is 0.892 bits per heavy atom. The van der Waals surface area contributed by atoms with Gasteiger partial charge < -0.3 is 14.7 Å². The second-order valence-electron chi connectivity index (χ2n) is 9.00. The lowest BCUT2D eigenvalue weighted by Gasteiger charge is -2.25. The maximum atomic E-state index is 13.2. The molecule has 1 aromatic heterocycles. The lowest BCUT2D eigenvalue weighted by atomic mass is 9.95. The molecule has 0 aliphatic carbocycles. The van der Waals surface area contributed by atoms with Gasteiger partial charge in [-0.15, -0.1) is 0 Å². The average Bonchev–Trinajstić information content (AvgIpc) is 3.18. The van der Waals surface area contributed by atoms with E-state index >= 15 is 0 Å². The number of hydrogen-bond acceptors (Lipinski definition) is 5. The fraction of sp³-hybridized carbons (Fsp3) is 0.129. The summed E-state index contributed by atoms with van der Waals surface area (Å²) in [5.41, 5.74) is 4.31.